The van der Waals surface area contributed by atoms with Crippen LogP contribution in [0.15, 0.2) is 12.2 Å². The third-order valence-corrected chi connectivity index (χ3v) is 2.75. The summed E-state index contributed by atoms with van der Waals surface area (Å²) in [6, 6.07) is 0. The van der Waals surface area contributed by atoms with Gasteiger partial charge in [-0.1, -0.05) is 44.8 Å². The Hall–Kier alpha value is -1.32. The highest BCUT2D eigenvalue weighted by Crippen LogP contribution is 2.14. The first kappa shape index (κ1) is 16.7. The second kappa shape index (κ2) is 10.8. The fourth-order valence-electron chi connectivity index (χ4n) is 1.65. The Morgan fingerprint density at radius 1 is 1.11 bits per heavy atom. The molecular weight excluding hydrogens is 232 g/mol. The summed E-state index contributed by atoms with van der Waals surface area (Å²) in [6.07, 6.45) is 8.84. The zero-order valence-electron chi connectivity index (χ0n) is 11.6. The van der Waals surface area contributed by atoms with Crippen LogP contribution in [0.3, 0.4) is 0 Å². The molecule has 0 saturated carbocycles. The van der Waals surface area contributed by atoms with Gasteiger partial charge in [-0.05, 0) is 6.42 Å². The molecule has 18 heavy (non-hydrogen) atoms. The van der Waals surface area contributed by atoms with Crippen molar-refractivity contribution in [2.75, 3.05) is 14.2 Å². The van der Waals surface area contributed by atoms with Gasteiger partial charge in [0, 0.05) is 0 Å². The van der Waals surface area contributed by atoms with E-state index in [-0.39, 0.29) is 24.3 Å². The van der Waals surface area contributed by atoms with Gasteiger partial charge in [0.2, 0.25) is 0 Å². The van der Waals surface area contributed by atoms with Crippen LogP contribution in [0.5, 0.6) is 0 Å². The molecule has 1 atom stereocenters. The lowest BCUT2D eigenvalue weighted by Gasteiger charge is -2.09. The van der Waals surface area contributed by atoms with Crippen LogP contribution >= 0.6 is 0 Å². The summed E-state index contributed by atoms with van der Waals surface area (Å²) in [5, 5.41) is 0. The second-order valence-corrected chi connectivity index (χ2v) is 4.19. The number of carbonyl (C=O) groups is 2. The zero-order chi connectivity index (χ0) is 13.8. The molecular formula is C14H24O4. The average molecular weight is 256 g/mol. The molecule has 0 saturated heterocycles. The van der Waals surface area contributed by atoms with Crippen LogP contribution in [-0.4, -0.2) is 26.2 Å². The number of hydrogen-bond donors (Lipinski definition) is 0. The molecule has 0 amide bonds. The molecule has 1 unspecified atom stereocenters. The van der Waals surface area contributed by atoms with Crippen LogP contribution < -0.4 is 0 Å². The SMILES string of the molecule is CCCCCCC(C=CCC(=O)OC)C(=O)OC. The highest BCUT2D eigenvalue weighted by atomic mass is 16.5. The van der Waals surface area contributed by atoms with Crippen LogP contribution in [0.4, 0.5) is 0 Å². The molecule has 0 spiro atoms. The van der Waals surface area contributed by atoms with Gasteiger partial charge in [0.25, 0.3) is 0 Å². The number of ether oxygens (including phenoxy) is 2. The molecule has 0 fully saturated rings. The molecule has 0 aliphatic rings. The fraction of sp³-hybridized carbons (Fsp3) is 0.714. The Kier molecular flexibility index (Phi) is 10.0. The van der Waals surface area contributed by atoms with Crippen LogP contribution in [-0.2, 0) is 19.1 Å². The smallest absolute Gasteiger partial charge is 0.312 e. The van der Waals surface area contributed by atoms with Crippen molar-refractivity contribution in [1.82, 2.24) is 0 Å². The molecule has 104 valence electrons. The Morgan fingerprint density at radius 2 is 1.83 bits per heavy atom. The first-order chi connectivity index (χ1) is 8.65. The summed E-state index contributed by atoms with van der Waals surface area (Å²) in [5.41, 5.74) is 0. The zero-order valence-corrected chi connectivity index (χ0v) is 11.6. The first-order valence-corrected chi connectivity index (χ1v) is 6.47. The van der Waals surface area contributed by atoms with E-state index in [1.807, 2.05) is 0 Å². The number of rotatable bonds is 9. The lowest BCUT2D eigenvalue weighted by molar-refractivity contribution is -0.144. The molecule has 0 radical (unpaired) electrons. The number of hydrogen-bond acceptors (Lipinski definition) is 4. The van der Waals surface area contributed by atoms with Gasteiger partial charge in [-0.25, -0.2) is 0 Å². The number of carbonyl (C=O) groups excluding carboxylic acids is 2. The van der Waals surface area contributed by atoms with E-state index in [0.717, 1.165) is 19.3 Å². The highest BCUT2D eigenvalue weighted by molar-refractivity contribution is 5.75. The molecule has 4 nitrogen and oxygen atoms in total. The van der Waals surface area contributed by atoms with Gasteiger partial charge in [0.1, 0.15) is 0 Å². The molecule has 0 bridgehead atoms. The van der Waals surface area contributed by atoms with Crippen LogP contribution in [0.2, 0.25) is 0 Å². The van der Waals surface area contributed by atoms with Crippen molar-refractivity contribution in [2.24, 2.45) is 5.92 Å². The molecule has 0 N–H and O–H groups in total. The molecule has 0 heterocycles. The minimum atomic E-state index is -0.305. The van der Waals surface area contributed by atoms with Crippen molar-refractivity contribution in [3.63, 3.8) is 0 Å². The summed E-state index contributed by atoms with van der Waals surface area (Å²) >= 11 is 0. The van der Waals surface area contributed by atoms with E-state index in [0.29, 0.717) is 0 Å². The van der Waals surface area contributed by atoms with Crippen molar-refractivity contribution in [3.05, 3.63) is 12.2 Å². The summed E-state index contributed by atoms with van der Waals surface area (Å²) in [7, 11) is 2.73. The predicted molar refractivity (Wildman–Crippen MR) is 70.0 cm³/mol. The van der Waals surface area contributed by atoms with E-state index >= 15 is 0 Å². The van der Waals surface area contributed by atoms with Crippen LogP contribution in [0, 0.1) is 5.92 Å². The average Bonchev–Trinajstić information content (AvgIpc) is 2.40. The molecule has 0 aliphatic carbocycles. The fourth-order valence-corrected chi connectivity index (χ4v) is 1.65. The van der Waals surface area contributed by atoms with Gasteiger partial charge >= 0.3 is 11.9 Å². The third-order valence-electron chi connectivity index (χ3n) is 2.75. The van der Waals surface area contributed by atoms with Gasteiger partial charge in [-0.3, -0.25) is 9.59 Å². The lowest BCUT2D eigenvalue weighted by Crippen LogP contribution is -2.14. The molecule has 0 rings (SSSR count). The quantitative estimate of drug-likeness (QED) is 0.361. The van der Waals surface area contributed by atoms with E-state index in [4.69, 9.17) is 4.74 Å². The Balaban J connectivity index is 4.14. The summed E-state index contributed by atoms with van der Waals surface area (Å²) in [4.78, 5) is 22.5. The second-order valence-electron chi connectivity index (χ2n) is 4.19. The van der Waals surface area contributed by atoms with Gasteiger partial charge in [0.15, 0.2) is 0 Å². The van der Waals surface area contributed by atoms with E-state index in [1.54, 1.807) is 12.2 Å². The first-order valence-electron chi connectivity index (χ1n) is 6.47. The third kappa shape index (κ3) is 7.87. The van der Waals surface area contributed by atoms with Crippen molar-refractivity contribution in [3.8, 4) is 0 Å². The Morgan fingerprint density at radius 3 is 2.39 bits per heavy atom. The number of methoxy groups -OCH3 is 2. The molecule has 0 aromatic rings. The monoisotopic (exact) mass is 256 g/mol. The Bertz CT molecular complexity index is 271. The largest absolute Gasteiger partial charge is 0.469 e. The van der Waals surface area contributed by atoms with Crippen LogP contribution in [0.1, 0.15) is 45.4 Å². The van der Waals surface area contributed by atoms with E-state index in [1.165, 1.54) is 27.1 Å². The van der Waals surface area contributed by atoms with Crippen molar-refractivity contribution >= 4 is 11.9 Å². The minimum Gasteiger partial charge on any atom is -0.469 e. The minimum absolute atomic E-state index is 0.193. The maximum Gasteiger partial charge on any atom is 0.312 e. The predicted octanol–water partition coefficient (Wildman–Crippen LogP) is 2.87. The summed E-state index contributed by atoms with van der Waals surface area (Å²) in [6.45, 7) is 2.15. The van der Waals surface area contributed by atoms with Gasteiger partial charge in [-0.2, -0.15) is 0 Å². The maximum atomic E-state index is 11.5. The number of esters is 2. The topological polar surface area (TPSA) is 52.6 Å². The number of unbranched alkanes of at least 4 members (excludes halogenated alkanes) is 3. The Labute approximate surface area is 109 Å². The highest BCUT2D eigenvalue weighted by Gasteiger charge is 2.15. The standard InChI is InChI=1S/C14H24O4/c1-4-5-6-7-9-12(14(16)18-3)10-8-11-13(15)17-2/h8,10,12H,4-7,9,11H2,1-3H3. The van der Waals surface area contributed by atoms with Crippen molar-refractivity contribution < 1.29 is 19.1 Å². The molecule has 0 aromatic heterocycles. The maximum absolute atomic E-state index is 11.5. The van der Waals surface area contributed by atoms with Crippen molar-refractivity contribution in [1.29, 1.82) is 0 Å². The molecule has 0 aliphatic heterocycles. The van der Waals surface area contributed by atoms with E-state index < -0.39 is 0 Å². The lowest BCUT2D eigenvalue weighted by atomic mass is 10.00. The van der Waals surface area contributed by atoms with Gasteiger partial charge < -0.3 is 9.47 Å². The van der Waals surface area contributed by atoms with Gasteiger partial charge in [-0.15, -0.1) is 0 Å². The summed E-state index contributed by atoms with van der Waals surface area (Å²) < 4.78 is 9.27. The molecule has 0 aromatic carbocycles. The van der Waals surface area contributed by atoms with Crippen molar-refractivity contribution in [2.45, 2.75) is 45.4 Å². The normalized spacial score (nSPS) is 12.4. The van der Waals surface area contributed by atoms with E-state index in [9.17, 15) is 9.59 Å². The van der Waals surface area contributed by atoms with Gasteiger partial charge in [0.05, 0.1) is 26.6 Å². The summed E-state index contributed by atoms with van der Waals surface area (Å²) in [5.74, 6) is -0.801. The van der Waals surface area contributed by atoms with Crippen LogP contribution in [0.25, 0.3) is 0 Å². The molecule has 4 heteroatoms. The van der Waals surface area contributed by atoms with E-state index in [2.05, 4.69) is 11.7 Å².